The molecular formula is C13H20ClN3. The Morgan fingerprint density at radius 1 is 1.29 bits per heavy atom. The highest BCUT2D eigenvalue weighted by atomic mass is 35.5. The van der Waals surface area contributed by atoms with Gasteiger partial charge in [-0.25, -0.2) is 4.98 Å². The van der Waals surface area contributed by atoms with Crippen LogP contribution in [0.5, 0.6) is 0 Å². The molecule has 1 saturated heterocycles. The standard InChI is InChI=1S/C13H20ClN3/c1-10(2)11-4-3-6-17(7-5-11)13-9-15-8-12(14)16-13/h8-11H,3-7H2,1-2H3. The van der Waals surface area contributed by atoms with E-state index in [1.54, 1.807) is 6.20 Å². The maximum absolute atomic E-state index is 5.88. The van der Waals surface area contributed by atoms with Crippen LogP contribution in [0, 0.1) is 11.8 Å². The summed E-state index contributed by atoms with van der Waals surface area (Å²) in [6.45, 7) is 6.77. The Balaban J connectivity index is 2.04. The van der Waals surface area contributed by atoms with Crippen molar-refractivity contribution in [2.24, 2.45) is 11.8 Å². The molecule has 1 aliphatic heterocycles. The molecule has 1 aromatic rings. The Morgan fingerprint density at radius 2 is 2.12 bits per heavy atom. The lowest BCUT2D eigenvalue weighted by molar-refractivity contribution is 0.351. The van der Waals surface area contributed by atoms with E-state index in [0.717, 1.165) is 30.7 Å². The number of hydrogen-bond donors (Lipinski definition) is 0. The zero-order valence-electron chi connectivity index (χ0n) is 10.6. The van der Waals surface area contributed by atoms with Gasteiger partial charge in [0.25, 0.3) is 0 Å². The van der Waals surface area contributed by atoms with Gasteiger partial charge in [-0.15, -0.1) is 0 Å². The number of anilines is 1. The van der Waals surface area contributed by atoms with Gasteiger partial charge in [-0.2, -0.15) is 0 Å². The van der Waals surface area contributed by atoms with E-state index in [0.29, 0.717) is 5.15 Å². The van der Waals surface area contributed by atoms with Crippen molar-refractivity contribution in [1.29, 1.82) is 0 Å². The molecule has 1 fully saturated rings. The fraction of sp³-hybridized carbons (Fsp3) is 0.692. The summed E-state index contributed by atoms with van der Waals surface area (Å²) in [5.41, 5.74) is 0. The summed E-state index contributed by atoms with van der Waals surface area (Å²) in [4.78, 5) is 10.8. The van der Waals surface area contributed by atoms with Crippen molar-refractivity contribution in [3.05, 3.63) is 17.5 Å². The van der Waals surface area contributed by atoms with Crippen LogP contribution in [0.3, 0.4) is 0 Å². The molecule has 1 unspecified atom stereocenters. The molecule has 3 nitrogen and oxygen atoms in total. The highest BCUT2D eigenvalue weighted by Crippen LogP contribution is 2.26. The van der Waals surface area contributed by atoms with Crippen LogP contribution < -0.4 is 4.90 Å². The third-order valence-corrected chi connectivity index (χ3v) is 3.81. The van der Waals surface area contributed by atoms with Gasteiger partial charge in [0, 0.05) is 13.1 Å². The molecule has 0 bridgehead atoms. The second kappa shape index (κ2) is 5.67. The summed E-state index contributed by atoms with van der Waals surface area (Å²) in [5, 5.41) is 0.479. The molecule has 0 amide bonds. The van der Waals surface area contributed by atoms with Crippen molar-refractivity contribution in [3.63, 3.8) is 0 Å². The normalized spacial score (nSPS) is 21.6. The number of nitrogens with zero attached hydrogens (tertiary/aromatic N) is 3. The maximum Gasteiger partial charge on any atom is 0.149 e. The van der Waals surface area contributed by atoms with Crippen molar-refractivity contribution in [2.45, 2.75) is 33.1 Å². The predicted octanol–water partition coefficient (Wildman–Crippen LogP) is 3.39. The van der Waals surface area contributed by atoms with Crippen molar-refractivity contribution >= 4 is 17.4 Å². The molecule has 0 aromatic carbocycles. The molecule has 4 heteroatoms. The monoisotopic (exact) mass is 253 g/mol. The minimum absolute atomic E-state index is 0.479. The topological polar surface area (TPSA) is 29.0 Å². The van der Waals surface area contributed by atoms with E-state index < -0.39 is 0 Å². The van der Waals surface area contributed by atoms with E-state index >= 15 is 0 Å². The van der Waals surface area contributed by atoms with Gasteiger partial charge in [0.15, 0.2) is 0 Å². The molecule has 1 atom stereocenters. The molecule has 0 aliphatic carbocycles. The Bertz CT molecular complexity index is 367. The summed E-state index contributed by atoms with van der Waals surface area (Å²) in [7, 11) is 0. The van der Waals surface area contributed by atoms with Crippen molar-refractivity contribution in [2.75, 3.05) is 18.0 Å². The fourth-order valence-corrected chi connectivity index (χ4v) is 2.65. The van der Waals surface area contributed by atoms with Gasteiger partial charge in [-0.1, -0.05) is 25.4 Å². The number of rotatable bonds is 2. The average Bonchev–Trinajstić information content (AvgIpc) is 2.54. The molecule has 0 spiro atoms. The second-order valence-electron chi connectivity index (χ2n) is 5.12. The average molecular weight is 254 g/mol. The summed E-state index contributed by atoms with van der Waals surface area (Å²) in [5.74, 6) is 2.54. The highest BCUT2D eigenvalue weighted by molar-refractivity contribution is 6.29. The molecule has 17 heavy (non-hydrogen) atoms. The largest absolute Gasteiger partial charge is 0.355 e. The molecule has 2 heterocycles. The molecular weight excluding hydrogens is 234 g/mol. The fourth-order valence-electron chi connectivity index (χ4n) is 2.50. The maximum atomic E-state index is 5.88. The van der Waals surface area contributed by atoms with Gasteiger partial charge in [0.2, 0.25) is 0 Å². The van der Waals surface area contributed by atoms with Crippen molar-refractivity contribution in [3.8, 4) is 0 Å². The van der Waals surface area contributed by atoms with Crippen LogP contribution in [0.2, 0.25) is 5.15 Å². The Kier molecular flexibility index (Phi) is 4.21. The first-order valence-corrected chi connectivity index (χ1v) is 6.77. The van der Waals surface area contributed by atoms with Crippen LogP contribution in [0.1, 0.15) is 33.1 Å². The Labute approximate surface area is 108 Å². The van der Waals surface area contributed by atoms with E-state index in [-0.39, 0.29) is 0 Å². The van der Waals surface area contributed by atoms with Gasteiger partial charge in [-0.05, 0) is 31.1 Å². The van der Waals surface area contributed by atoms with Crippen molar-refractivity contribution < 1.29 is 0 Å². The molecule has 94 valence electrons. The van der Waals surface area contributed by atoms with E-state index in [1.165, 1.54) is 19.3 Å². The lowest BCUT2D eigenvalue weighted by atomic mass is 9.89. The highest BCUT2D eigenvalue weighted by Gasteiger charge is 2.20. The number of aromatic nitrogens is 2. The van der Waals surface area contributed by atoms with Crippen LogP contribution in [0.4, 0.5) is 5.82 Å². The minimum Gasteiger partial charge on any atom is -0.355 e. The van der Waals surface area contributed by atoms with Gasteiger partial charge in [0.05, 0.1) is 12.4 Å². The van der Waals surface area contributed by atoms with Crippen molar-refractivity contribution in [1.82, 2.24) is 9.97 Å². The first-order valence-electron chi connectivity index (χ1n) is 6.39. The molecule has 2 rings (SSSR count). The lowest BCUT2D eigenvalue weighted by Crippen LogP contribution is -2.25. The van der Waals surface area contributed by atoms with Gasteiger partial charge in [0.1, 0.15) is 11.0 Å². The predicted molar refractivity (Wildman–Crippen MR) is 71.4 cm³/mol. The molecule has 1 aliphatic rings. The first kappa shape index (κ1) is 12.6. The molecule has 1 aromatic heterocycles. The van der Waals surface area contributed by atoms with Gasteiger partial charge >= 0.3 is 0 Å². The lowest BCUT2D eigenvalue weighted by Gasteiger charge is -2.22. The SMILES string of the molecule is CC(C)C1CCCN(c2cncc(Cl)n2)CC1. The van der Waals surface area contributed by atoms with E-state index in [9.17, 15) is 0 Å². The summed E-state index contributed by atoms with van der Waals surface area (Å²) >= 11 is 5.88. The third-order valence-electron chi connectivity index (χ3n) is 3.63. The Hall–Kier alpha value is -0.830. The first-order chi connectivity index (χ1) is 8.16. The summed E-state index contributed by atoms with van der Waals surface area (Å²) < 4.78 is 0. The number of halogens is 1. The number of hydrogen-bond acceptors (Lipinski definition) is 3. The Morgan fingerprint density at radius 3 is 2.82 bits per heavy atom. The minimum atomic E-state index is 0.479. The summed E-state index contributed by atoms with van der Waals surface area (Å²) in [6, 6.07) is 0. The quantitative estimate of drug-likeness (QED) is 0.809. The van der Waals surface area contributed by atoms with Crippen LogP contribution in [0.25, 0.3) is 0 Å². The van der Waals surface area contributed by atoms with Crippen LogP contribution in [-0.2, 0) is 0 Å². The zero-order chi connectivity index (χ0) is 12.3. The molecule has 0 N–H and O–H groups in total. The third kappa shape index (κ3) is 3.32. The molecule has 0 saturated carbocycles. The smallest absolute Gasteiger partial charge is 0.149 e. The second-order valence-corrected chi connectivity index (χ2v) is 5.51. The van der Waals surface area contributed by atoms with Crippen LogP contribution >= 0.6 is 11.6 Å². The van der Waals surface area contributed by atoms with Crippen LogP contribution in [-0.4, -0.2) is 23.1 Å². The van der Waals surface area contributed by atoms with E-state index in [4.69, 9.17) is 11.6 Å². The van der Waals surface area contributed by atoms with Crippen LogP contribution in [0.15, 0.2) is 12.4 Å². The van der Waals surface area contributed by atoms with Gasteiger partial charge < -0.3 is 4.90 Å². The van der Waals surface area contributed by atoms with E-state index in [2.05, 4.69) is 28.7 Å². The molecule has 0 radical (unpaired) electrons. The zero-order valence-corrected chi connectivity index (χ0v) is 11.3. The summed E-state index contributed by atoms with van der Waals surface area (Å²) in [6.07, 6.45) is 7.19. The van der Waals surface area contributed by atoms with E-state index in [1.807, 2.05) is 6.20 Å². The van der Waals surface area contributed by atoms with Gasteiger partial charge in [-0.3, -0.25) is 4.98 Å².